The van der Waals surface area contributed by atoms with Gasteiger partial charge in [0, 0.05) is 9.85 Å². The Morgan fingerprint density at radius 2 is 1.78 bits per heavy atom. The molecule has 1 aliphatic carbocycles. The van der Waals surface area contributed by atoms with Crippen LogP contribution >= 0.6 is 27.5 Å². The SMILES string of the molecule is ClC(CCC1CCCCC1)Cc1ccc(Br)cc1. The molecule has 1 aromatic carbocycles. The Kier molecular flexibility index (Phi) is 6.04. The monoisotopic (exact) mass is 328 g/mol. The van der Waals surface area contributed by atoms with Crippen molar-refractivity contribution < 1.29 is 0 Å². The molecular formula is C16H22BrCl. The van der Waals surface area contributed by atoms with E-state index in [0.717, 1.165) is 16.8 Å². The molecule has 18 heavy (non-hydrogen) atoms. The molecular weight excluding hydrogens is 308 g/mol. The Labute approximate surface area is 124 Å². The summed E-state index contributed by atoms with van der Waals surface area (Å²) < 4.78 is 1.14. The summed E-state index contributed by atoms with van der Waals surface area (Å²) in [6.07, 6.45) is 10.7. The Morgan fingerprint density at radius 1 is 1.11 bits per heavy atom. The highest BCUT2D eigenvalue weighted by atomic mass is 79.9. The van der Waals surface area contributed by atoms with Crippen LogP contribution in [0.15, 0.2) is 28.7 Å². The van der Waals surface area contributed by atoms with Gasteiger partial charge in [0.2, 0.25) is 0 Å². The van der Waals surface area contributed by atoms with Crippen LogP contribution in [-0.2, 0) is 6.42 Å². The lowest BCUT2D eigenvalue weighted by atomic mass is 9.85. The maximum Gasteiger partial charge on any atom is 0.0376 e. The number of benzene rings is 1. The van der Waals surface area contributed by atoms with Gasteiger partial charge in [-0.2, -0.15) is 0 Å². The zero-order chi connectivity index (χ0) is 12.8. The summed E-state index contributed by atoms with van der Waals surface area (Å²) in [7, 11) is 0. The second kappa shape index (κ2) is 7.55. The van der Waals surface area contributed by atoms with Crippen molar-refractivity contribution in [3.05, 3.63) is 34.3 Å². The standard InChI is InChI=1S/C16H22BrCl/c17-15-9-6-14(7-10-15)12-16(18)11-8-13-4-2-1-3-5-13/h6-7,9-10,13,16H,1-5,8,11-12H2. The fourth-order valence-electron chi connectivity index (χ4n) is 2.87. The van der Waals surface area contributed by atoms with E-state index in [1.54, 1.807) is 0 Å². The van der Waals surface area contributed by atoms with Crippen LogP contribution in [0.4, 0.5) is 0 Å². The van der Waals surface area contributed by atoms with Gasteiger partial charge < -0.3 is 0 Å². The lowest BCUT2D eigenvalue weighted by Crippen LogP contribution is -2.10. The zero-order valence-corrected chi connectivity index (χ0v) is 13.2. The van der Waals surface area contributed by atoms with Gasteiger partial charge in [0.05, 0.1) is 0 Å². The van der Waals surface area contributed by atoms with Crippen LogP contribution in [0.2, 0.25) is 0 Å². The normalized spacial score (nSPS) is 18.8. The molecule has 1 atom stereocenters. The molecule has 1 aliphatic rings. The third-order valence-corrected chi connectivity index (χ3v) is 4.88. The van der Waals surface area contributed by atoms with Gasteiger partial charge in [-0.15, -0.1) is 11.6 Å². The first-order chi connectivity index (χ1) is 8.74. The Balaban J connectivity index is 1.71. The number of alkyl halides is 1. The smallest absolute Gasteiger partial charge is 0.0376 e. The van der Waals surface area contributed by atoms with Crippen molar-refractivity contribution in [1.82, 2.24) is 0 Å². The van der Waals surface area contributed by atoms with E-state index < -0.39 is 0 Å². The summed E-state index contributed by atoms with van der Waals surface area (Å²) in [5.74, 6) is 0.949. The second-order valence-corrected chi connectivity index (χ2v) is 7.04. The molecule has 0 N–H and O–H groups in total. The third kappa shape index (κ3) is 4.93. The van der Waals surface area contributed by atoms with E-state index in [-0.39, 0.29) is 0 Å². The van der Waals surface area contributed by atoms with E-state index in [0.29, 0.717) is 5.38 Å². The van der Waals surface area contributed by atoms with E-state index >= 15 is 0 Å². The first kappa shape index (κ1) is 14.4. The summed E-state index contributed by atoms with van der Waals surface area (Å²) in [4.78, 5) is 0. The molecule has 100 valence electrons. The summed E-state index contributed by atoms with van der Waals surface area (Å²) >= 11 is 9.92. The maximum atomic E-state index is 6.46. The van der Waals surface area contributed by atoms with Gasteiger partial charge in [-0.3, -0.25) is 0 Å². The van der Waals surface area contributed by atoms with Crippen LogP contribution in [0, 0.1) is 5.92 Å². The minimum Gasteiger partial charge on any atom is -0.123 e. The van der Waals surface area contributed by atoms with Crippen molar-refractivity contribution in [3.63, 3.8) is 0 Å². The molecule has 2 rings (SSSR count). The van der Waals surface area contributed by atoms with Crippen LogP contribution in [0.1, 0.15) is 50.5 Å². The zero-order valence-electron chi connectivity index (χ0n) is 10.9. The van der Waals surface area contributed by atoms with Gasteiger partial charge in [-0.25, -0.2) is 0 Å². The fourth-order valence-corrected chi connectivity index (χ4v) is 3.44. The Morgan fingerprint density at radius 3 is 2.44 bits per heavy atom. The molecule has 0 aliphatic heterocycles. The minimum absolute atomic E-state index is 0.299. The average molecular weight is 330 g/mol. The van der Waals surface area contributed by atoms with Crippen LogP contribution in [-0.4, -0.2) is 5.38 Å². The predicted molar refractivity (Wildman–Crippen MR) is 83.3 cm³/mol. The van der Waals surface area contributed by atoms with Crippen molar-refractivity contribution in [2.45, 2.75) is 56.7 Å². The van der Waals surface area contributed by atoms with Gasteiger partial charge >= 0.3 is 0 Å². The highest BCUT2D eigenvalue weighted by Crippen LogP contribution is 2.29. The maximum absolute atomic E-state index is 6.46. The molecule has 0 amide bonds. The third-order valence-electron chi connectivity index (χ3n) is 3.98. The highest BCUT2D eigenvalue weighted by molar-refractivity contribution is 9.10. The molecule has 0 nitrogen and oxygen atoms in total. The largest absolute Gasteiger partial charge is 0.123 e. The molecule has 1 fully saturated rings. The van der Waals surface area contributed by atoms with E-state index in [1.165, 1.54) is 50.5 Å². The van der Waals surface area contributed by atoms with Gasteiger partial charge in [0.15, 0.2) is 0 Å². The molecule has 0 aromatic heterocycles. The molecule has 1 unspecified atom stereocenters. The van der Waals surface area contributed by atoms with Crippen molar-refractivity contribution in [2.75, 3.05) is 0 Å². The van der Waals surface area contributed by atoms with Gasteiger partial charge in [0.25, 0.3) is 0 Å². The summed E-state index contributed by atoms with van der Waals surface area (Å²) in [6.45, 7) is 0. The number of halogens is 2. The fraction of sp³-hybridized carbons (Fsp3) is 0.625. The highest BCUT2D eigenvalue weighted by Gasteiger charge is 2.15. The Bertz CT molecular complexity index is 341. The Hall–Kier alpha value is -0.0100. The first-order valence-corrected chi connectivity index (χ1v) is 8.35. The lowest BCUT2D eigenvalue weighted by Gasteiger charge is -2.22. The van der Waals surface area contributed by atoms with Gasteiger partial charge in [-0.1, -0.05) is 60.2 Å². The van der Waals surface area contributed by atoms with Crippen molar-refractivity contribution in [2.24, 2.45) is 5.92 Å². The second-order valence-electron chi connectivity index (χ2n) is 5.51. The van der Waals surface area contributed by atoms with E-state index in [2.05, 4.69) is 40.2 Å². The first-order valence-electron chi connectivity index (χ1n) is 7.12. The molecule has 0 saturated heterocycles. The molecule has 2 heteroatoms. The average Bonchev–Trinajstić information content (AvgIpc) is 2.40. The lowest BCUT2D eigenvalue weighted by molar-refractivity contribution is 0.330. The number of hydrogen-bond acceptors (Lipinski definition) is 0. The van der Waals surface area contributed by atoms with Crippen molar-refractivity contribution in [1.29, 1.82) is 0 Å². The van der Waals surface area contributed by atoms with Crippen LogP contribution in [0.25, 0.3) is 0 Å². The predicted octanol–water partition coefficient (Wildman–Crippen LogP) is 5.96. The summed E-state index contributed by atoms with van der Waals surface area (Å²) in [6, 6.07) is 8.53. The molecule has 0 spiro atoms. The van der Waals surface area contributed by atoms with Gasteiger partial charge in [-0.05, 0) is 42.9 Å². The number of rotatable bonds is 5. The van der Waals surface area contributed by atoms with E-state index in [9.17, 15) is 0 Å². The summed E-state index contributed by atoms with van der Waals surface area (Å²) in [5, 5.41) is 0.299. The molecule has 0 heterocycles. The van der Waals surface area contributed by atoms with Crippen LogP contribution in [0.5, 0.6) is 0 Å². The quantitative estimate of drug-likeness (QED) is 0.585. The van der Waals surface area contributed by atoms with Gasteiger partial charge in [0.1, 0.15) is 0 Å². The van der Waals surface area contributed by atoms with Crippen LogP contribution < -0.4 is 0 Å². The molecule has 0 radical (unpaired) electrons. The molecule has 1 aromatic rings. The molecule has 0 bridgehead atoms. The van der Waals surface area contributed by atoms with Crippen molar-refractivity contribution in [3.8, 4) is 0 Å². The minimum atomic E-state index is 0.299. The molecule has 1 saturated carbocycles. The summed E-state index contributed by atoms with van der Waals surface area (Å²) in [5.41, 5.74) is 1.35. The number of hydrogen-bond donors (Lipinski definition) is 0. The topological polar surface area (TPSA) is 0 Å². The van der Waals surface area contributed by atoms with Crippen molar-refractivity contribution >= 4 is 27.5 Å². The van der Waals surface area contributed by atoms with Crippen LogP contribution in [0.3, 0.4) is 0 Å². The van der Waals surface area contributed by atoms with E-state index in [4.69, 9.17) is 11.6 Å². The van der Waals surface area contributed by atoms with E-state index in [1.807, 2.05) is 0 Å².